The van der Waals surface area contributed by atoms with E-state index in [1.54, 1.807) is 6.07 Å². The quantitative estimate of drug-likeness (QED) is 0.600. The van der Waals surface area contributed by atoms with Crippen molar-refractivity contribution in [2.24, 2.45) is 5.92 Å². The molecular formula is C20H22F3P. The predicted molar refractivity (Wildman–Crippen MR) is 96.1 cm³/mol. The Balaban J connectivity index is 1.90. The fourth-order valence-electron chi connectivity index (χ4n) is 3.75. The van der Waals surface area contributed by atoms with Gasteiger partial charge in [0.1, 0.15) is 5.82 Å². The topological polar surface area (TPSA) is 0 Å². The Morgan fingerprint density at radius 2 is 1.62 bits per heavy atom. The van der Waals surface area contributed by atoms with E-state index in [1.165, 1.54) is 25.3 Å². The van der Waals surface area contributed by atoms with Crippen molar-refractivity contribution >= 4 is 14.5 Å². The molecule has 1 aliphatic carbocycles. The maximum absolute atomic E-state index is 14.7. The summed E-state index contributed by atoms with van der Waals surface area (Å²) in [5.41, 5.74) is 1.70. The maximum atomic E-state index is 14.7. The van der Waals surface area contributed by atoms with E-state index in [2.05, 4.69) is 16.2 Å². The molecule has 1 unspecified atom stereocenters. The molecule has 1 saturated carbocycles. The van der Waals surface area contributed by atoms with E-state index in [9.17, 15) is 13.2 Å². The van der Waals surface area contributed by atoms with Crippen LogP contribution in [0.4, 0.5) is 13.2 Å². The maximum Gasteiger partial charge on any atom is 0.159 e. The van der Waals surface area contributed by atoms with Gasteiger partial charge in [0.15, 0.2) is 11.6 Å². The summed E-state index contributed by atoms with van der Waals surface area (Å²) in [6, 6.07) is 7.04. The zero-order valence-electron chi connectivity index (χ0n) is 13.8. The van der Waals surface area contributed by atoms with Gasteiger partial charge in [-0.2, -0.15) is 0 Å². The van der Waals surface area contributed by atoms with Gasteiger partial charge in [-0.1, -0.05) is 25.5 Å². The molecule has 1 aliphatic rings. The molecule has 0 heterocycles. The minimum Gasteiger partial charge on any atom is -0.206 e. The molecule has 0 aliphatic heterocycles. The molecule has 1 fully saturated rings. The summed E-state index contributed by atoms with van der Waals surface area (Å²) in [5.74, 6) is -1.07. The predicted octanol–water partition coefficient (Wildman–Crippen LogP) is 5.96. The largest absolute Gasteiger partial charge is 0.206 e. The fourth-order valence-corrected chi connectivity index (χ4v) is 4.24. The Hall–Kier alpha value is -1.34. The first kappa shape index (κ1) is 17.5. The van der Waals surface area contributed by atoms with Gasteiger partial charge in [-0.05, 0) is 72.1 Å². The van der Waals surface area contributed by atoms with Crippen LogP contribution in [-0.4, -0.2) is 0 Å². The lowest BCUT2D eigenvalue weighted by atomic mass is 9.77. The van der Waals surface area contributed by atoms with Crippen molar-refractivity contribution in [1.82, 2.24) is 0 Å². The smallest absolute Gasteiger partial charge is 0.159 e. The van der Waals surface area contributed by atoms with Crippen LogP contribution >= 0.6 is 9.24 Å². The molecule has 128 valence electrons. The van der Waals surface area contributed by atoms with Crippen LogP contribution in [0.25, 0.3) is 11.1 Å². The normalized spacial score (nSPS) is 21.0. The van der Waals surface area contributed by atoms with Crippen LogP contribution in [0, 0.1) is 23.4 Å². The minimum absolute atomic E-state index is 0.324. The zero-order valence-corrected chi connectivity index (χ0v) is 14.9. The van der Waals surface area contributed by atoms with Crippen LogP contribution in [0.2, 0.25) is 0 Å². The molecule has 0 saturated heterocycles. The number of rotatable bonds is 3. The van der Waals surface area contributed by atoms with Crippen LogP contribution < -0.4 is 5.30 Å². The van der Waals surface area contributed by atoms with E-state index in [0.29, 0.717) is 22.3 Å². The number of halogens is 3. The van der Waals surface area contributed by atoms with Crippen molar-refractivity contribution in [2.75, 3.05) is 0 Å². The highest BCUT2D eigenvalue weighted by Gasteiger charge is 2.23. The van der Waals surface area contributed by atoms with E-state index in [4.69, 9.17) is 0 Å². The van der Waals surface area contributed by atoms with Gasteiger partial charge >= 0.3 is 0 Å². The van der Waals surface area contributed by atoms with Gasteiger partial charge in [0.05, 0.1) is 0 Å². The van der Waals surface area contributed by atoms with Gasteiger partial charge in [0.2, 0.25) is 0 Å². The second-order valence-corrected chi connectivity index (χ2v) is 7.34. The molecule has 0 aromatic heterocycles. The molecule has 2 aromatic carbocycles. The molecule has 0 radical (unpaired) electrons. The average molecular weight is 350 g/mol. The van der Waals surface area contributed by atoms with Gasteiger partial charge in [-0.15, -0.1) is 9.24 Å². The molecule has 0 spiro atoms. The first-order valence-corrected chi connectivity index (χ1v) is 9.11. The van der Waals surface area contributed by atoms with Crippen molar-refractivity contribution < 1.29 is 13.2 Å². The van der Waals surface area contributed by atoms with Crippen molar-refractivity contribution in [3.8, 4) is 11.1 Å². The van der Waals surface area contributed by atoms with E-state index < -0.39 is 11.6 Å². The molecule has 0 nitrogen and oxygen atoms in total. The van der Waals surface area contributed by atoms with Crippen LogP contribution in [0.5, 0.6) is 0 Å². The summed E-state index contributed by atoms with van der Waals surface area (Å²) in [6.45, 7) is 2.22. The van der Waals surface area contributed by atoms with Gasteiger partial charge < -0.3 is 0 Å². The molecule has 0 amide bonds. The van der Waals surface area contributed by atoms with E-state index in [1.807, 2.05) is 6.07 Å². The van der Waals surface area contributed by atoms with Gasteiger partial charge in [0.25, 0.3) is 0 Å². The van der Waals surface area contributed by atoms with Gasteiger partial charge in [-0.3, -0.25) is 0 Å². The lowest BCUT2D eigenvalue weighted by molar-refractivity contribution is 0.318. The lowest BCUT2D eigenvalue weighted by Gasteiger charge is -2.28. The molecular weight excluding hydrogens is 328 g/mol. The highest BCUT2D eigenvalue weighted by atomic mass is 31.0. The summed E-state index contributed by atoms with van der Waals surface area (Å²) in [5, 5.41) is 0.689. The van der Waals surface area contributed by atoms with Crippen molar-refractivity contribution in [3.63, 3.8) is 0 Å². The fraction of sp³-hybridized carbons (Fsp3) is 0.400. The minimum atomic E-state index is -0.960. The van der Waals surface area contributed by atoms with Crippen LogP contribution in [-0.2, 0) is 0 Å². The first-order valence-electron chi connectivity index (χ1n) is 8.54. The second-order valence-electron chi connectivity index (χ2n) is 6.72. The SMILES string of the molecule is CCC1CCC(c2cc(F)c(-c3ccc(F)c(F)c3)c(P)c2)CC1. The molecule has 1 atom stereocenters. The summed E-state index contributed by atoms with van der Waals surface area (Å²) in [7, 11) is 2.54. The van der Waals surface area contributed by atoms with E-state index >= 15 is 0 Å². The summed E-state index contributed by atoms with van der Waals surface area (Å²) in [6.07, 6.45) is 5.78. The zero-order chi connectivity index (χ0) is 17.3. The van der Waals surface area contributed by atoms with Crippen molar-refractivity contribution in [2.45, 2.75) is 44.9 Å². The Bertz CT molecular complexity index is 711. The molecule has 2 aromatic rings. The molecule has 4 heteroatoms. The highest BCUT2D eigenvalue weighted by molar-refractivity contribution is 7.28. The van der Waals surface area contributed by atoms with Crippen LogP contribution in [0.1, 0.15) is 50.5 Å². The van der Waals surface area contributed by atoms with E-state index in [-0.39, 0.29) is 5.82 Å². The number of benzene rings is 2. The van der Waals surface area contributed by atoms with E-state index in [0.717, 1.165) is 36.5 Å². The highest BCUT2D eigenvalue weighted by Crippen LogP contribution is 2.38. The Labute approximate surface area is 143 Å². The third-order valence-electron chi connectivity index (χ3n) is 5.25. The Morgan fingerprint density at radius 1 is 0.917 bits per heavy atom. The molecule has 0 N–H and O–H groups in total. The van der Waals surface area contributed by atoms with Crippen molar-refractivity contribution in [3.05, 3.63) is 53.3 Å². The standard InChI is InChI=1S/C20H22F3P/c1-2-12-3-5-13(6-4-12)15-10-18(23)20(19(24)11-15)14-7-8-16(21)17(22)9-14/h7-13H,2-6,24H2,1H3. The van der Waals surface area contributed by atoms with Crippen molar-refractivity contribution in [1.29, 1.82) is 0 Å². The lowest BCUT2D eigenvalue weighted by Crippen LogP contribution is -2.14. The Kier molecular flexibility index (Phi) is 5.30. The molecule has 24 heavy (non-hydrogen) atoms. The third kappa shape index (κ3) is 3.52. The Morgan fingerprint density at radius 3 is 2.21 bits per heavy atom. The molecule has 0 bridgehead atoms. The summed E-state index contributed by atoms with van der Waals surface area (Å²) in [4.78, 5) is 0. The van der Waals surface area contributed by atoms with Crippen LogP contribution in [0.15, 0.2) is 30.3 Å². The molecule has 3 rings (SSSR count). The monoisotopic (exact) mass is 350 g/mol. The second kappa shape index (κ2) is 7.27. The van der Waals surface area contributed by atoms with Gasteiger partial charge in [-0.25, -0.2) is 13.2 Å². The number of hydrogen-bond donors (Lipinski definition) is 0. The van der Waals surface area contributed by atoms with Gasteiger partial charge in [0, 0.05) is 5.56 Å². The summed E-state index contributed by atoms with van der Waals surface area (Å²) < 4.78 is 41.3. The first-order chi connectivity index (χ1) is 11.5. The summed E-state index contributed by atoms with van der Waals surface area (Å²) >= 11 is 0. The average Bonchev–Trinajstić information content (AvgIpc) is 2.57. The third-order valence-corrected chi connectivity index (χ3v) is 5.70. The van der Waals surface area contributed by atoms with Crippen LogP contribution in [0.3, 0.4) is 0 Å². The number of hydrogen-bond acceptors (Lipinski definition) is 0.